The molecule has 1 N–H and O–H groups in total. The van der Waals surface area contributed by atoms with Crippen molar-refractivity contribution in [1.82, 2.24) is 0 Å². The van der Waals surface area contributed by atoms with Gasteiger partial charge >= 0.3 is 0 Å². The van der Waals surface area contributed by atoms with E-state index < -0.39 is 0 Å². The number of nitrogens with one attached hydrogen (secondary N) is 1. The van der Waals surface area contributed by atoms with Crippen molar-refractivity contribution in [2.45, 2.75) is 13.8 Å². The summed E-state index contributed by atoms with van der Waals surface area (Å²) in [6.07, 6.45) is 4.06. The second kappa shape index (κ2) is 6.01. The van der Waals surface area contributed by atoms with E-state index in [9.17, 15) is 4.79 Å². The van der Waals surface area contributed by atoms with Gasteiger partial charge in [0.05, 0.1) is 0 Å². The summed E-state index contributed by atoms with van der Waals surface area (Å²) in [7, 11) is 0. The van der Waals surface area contributed by atoms with Crippen molar-refractivity contribution in [1.29, 1.82) is 0 Å². The molecule has 2 rings (SSSR count). The molecule has 0 fully saturated rings. The second-order valence-corrected chi connectivity index (χ2v) is 4.52. The molecule has 0 atom stereocenters. The van der Waals surface area contributed by atoms with Crippen LogP contribution in [0.15, 0.2) is 48.5 Å². The first-order chi connectivity index (χ1) is 9.15. The van der Waals surface area contributed by atoms with Gasteiger partial charge in [-0.15, -0.1) is 0 Å². The molecule has 0 saturated heterocycles. The van der Waals surface area contributed by atoms with E-state index in [0.717, 1.165) is 16.8 Å². The highest BCUT2D eigenvalue weighted by molar-refractivity contribution is 5.92. The number of carbonyl (C=O) groups excluding carboxylic acids is 1. The Hall–Kier alpha value is -2.35. The maximum absolute atomic E-state index is 11.2. The molecular formula is C17H17NO. The van der Waals surface area contributed by atoms with Gasteiger partial charge in [0, 0.05) is 12.6 Å². The molecule has 0 bridgehead atoms. The standard InChI is InChI=1S/C17H17NO/c1-13-8-11-17(18-14(2)19)16(12-13)10-9-15-6-4-3-5-7-15/h3-12H,1-2H3,(H,18,19). The van der Waals surface area contributed by atoms with Crippen molar-refractivity contribution in [3.05, 3.63) is 65.2 Å². The summed E-state index contributed by atoms with van der Waals surface area (Å²) in [6.45, 7) is 3.56. The summed E-state index contributed by atoms with van der Waals surface area (Å²) in [5, 5.41) is 2.85. The zero-order chi connectivity index (χ0) is 13.7. The Balaban J connectivity index is 2.30. The van der Waals surface area contributed by atoms with E-state index in [2.05, 4.69) is 11.4 Å². The molecule has 0 saturated carbocycles. The predicted molar refractivity (Wildman–Crippen MR) is 80.9 cm³/mol. The largest absolute Gasteiger partial charge is 0.326 e. The summed E-state index contributed by atoms with van der Waals surface area (Å²) >= 11 is 0. The molecule has 0 aliphatic heterocycles. The number of anilines is 1. The Kier molecular flexibility index (Phi) is 4.14. The van der Waals surface area contributed by atoms with E-state index in [-0.39, 0.29) is 5.91 Å². The van der Waals surface area contributed by atoms with Crippen LogP contribution in [0.3, 0.4) is 0 Å². The first-order valence-electron chi connectivity index (χ1n) is 6.26. The molecule has 0 aliphatic rings. The first kappa shape index (κ1) is 13.1. The fraction of sp³-hybridized carbons (Fsp3) is 0.118. The van der Waals surface area contributed by atoms with Gasteiger partial charge in [-0.3, -0.25) is 4.79 Å². The summed E-state index contributed by atoms with van der Waals surface area (Å²) in [5.74, 6) is -0.0572. The van der Waals surface area contributed by atoms with Crippen molar-refractivity contribution < 1.29 is 4.79 Å². The number of rotatable bonds is 3. The molecule has 0 radical (unpaired) electrons. The quantitative estimate of drug-likeness (QED) is 0.817. The normalized spacial score (nSPS) is 10.6. The first-order valence-corrected chi connectivity index (χ1v) is 6.26. The van der Waals surface area contributed by atoms with Gasteiger partial charge in [0.15, 0.2) is 0 Å². The van der Waals surface area contributed by atoms with Crippen LogP contribution in [0.1, 0.15) is 23.6 Å². The van der Waals surface area contributed by atoms with Gasteiger partial charge in [-0.25, -0.2) is 0 Å². The maximum atomic E-state index is 11.2. The van der Waals surface area contributed by atoms with E-state index in [1.165, 1.54) is 12.5 Å². The Morgan fingerprint density at radius 2 is 1.79 bits per heavy atom. The van der Waals surface area contributed by atoms with Crippen LogP contribution in [0, 0.1) is 6.92 Å². The van der Waals surface area contributed by atoms with Crippen molar-refractivity contribution in [2.75, 3.05) is 5.32 Å². The van der Waals surface area contributed by atoms with E-state index >= 15 is 0 Å². The van der Waals surface area contributed by atoms with Crippen molar-refractivity contribution in [3.63, 3.8) is 0 Å². The van der Waals surface area contributed by atoms with E-state index in [1.807, 2.05) is 61.5 Å². The van der Waals surface area contributed by atoms with Crippen LogP contribution in [0.2, 0.25) is 0 Å². The van der Waals surface area contributed by atoms with Gasteiger partial charge in [-0.05, 0) is 30.2 Å². The summed E-state index contributed by atoms with van der Waals surface area (Å²) in [4.78, 5) is 11.2. The van der Waals surface area contributed by atoms with Crippen LogP contribution in [0.4, 0.5) is 5.69 Å². The van der Waals surface area contributed by atoms with Crippen molar-refractivity contribution in [3.8, 4) is 0 Å². The van der Waals surface area contributed by atoms with Gasteiger partial charge in [0.25, 0.3) is 0 Å². The average molecular weight is 251 g/mol. The lowest BCUT2D eigenvalue weighted by atomic mass is 10.1. The third kappa shape index (κ3) is 3.81. The number of benzene rings is 2. The zero-order valence-electron chi connectivity index (χ0n) is 11.2. The third-order valence-corrected chi connectivity index (χ3v) is 2.77. The molecule has 2 aromatic carbocycles. The monoisotopic (exact) mass is 251 g/mol. The minimum Gasteiger partial charge on any atom is -0.326 e. The fourth-order valence-electron chi connectivity index (χ4n) is 1.87. The average Bonchev–Trinajstić information content (AvgIpc) is 2.40. The third-order valence-electron chi connectivity index (χ3n) is 2.77. The second-order valence-electron chi connectivity index (χ2n) is 4.52. The number of hydrogen-bond donors (Lipinski definition) is 1. The number of aryl methyl sites for hydroxylation is 1. The van der Waals surface area contributed by atoms with Gasteiger partial charge < -0.3 is 5.32 Å². The SMILES string of the molecule is CC(=O)Nc1ccc(C)cc1C=Cc1ccccc1. The summed E-state index contributed by atoms with van der Waals surface area (Å²) in [5.41, 5.74) is 4.16. The molecule has 0 heterocycles. The fourth-order valence-corrected chi connectivity index (χ4v) is 1.87. The number of carbonyl (C=O) groups is 1. The Bertz CT molecular complexity index is 600. The Morgan fingerprint density at radius 1 is 1.05 bits per heavy atom. The molecule has 0 spiro atoms. The highest BCUT2D eigenvalue weighted by Crippen LogP contribution is 2.20. The molecule has 2 nitrogen and oxygen atoms in total. The lowest BCUT2D eigenvalue weighted by Gasteiger charge is -2.07. The smallest absolute Gasteiger partial charge is 0.221 e. The molecule has 19 heavy (non-hydrogen) atoms. The highest BCUT2D eigenvalue weighted by atomic mass is 16.1. The van der Waals surface area contributed by atoms with E-state index in [4.69, 9.17) is 0 Å². The summed E-state index contributed by atoms with van der Waals surface area (Å²) < 4.78 is 0. The van der Waals surface area contributed by atoms with Gasteiger partial charge in [-0.1, -0.05) is 54.1 Å². The maximum Gasteiger partial charge on any atom is 0.221 e. The van der Waals surface area contributed by atoms with Crippen LogP contribution >= 0.6 is 0 Å². The molecule has 1 amide bonds. The Labute approximate surface area is 113 Å². The van der Waals surface area contributed by atoms with Gasteiger partial charge in [0.1, 0.15) is 0 Å². The zero-order valence-corrected chi connectivity index (χ0v) is 11.2. The van der Waals surface area contributed by atoms with Crippen LogP contribution in [0.5, 0.6) is 0 Å². The molecule has 96 valence electrons. The molecule has 0 aromatic heterocycles. The van der Waals surface area contributed by atoms with E-state index in [1.54, 1.807) is 0 Å². The molecule has 0 unspecified atom stereocenters. The Morgan fingerprint density at radius 3 is 2.47 bits per heavy atom. The van der Waals surface area contributed by atoms with E-state index in [0.29, 0.717) is 0 Å². The molecule has 2 aromatic rings. The van der Waals surface area contributed by atoms with Crippen LogP contribution in [-0.4, -0.2) is 5.91 Å². The number of hydrogen-bond acceptors (Lipinski definition) is 1. The number of amides is 1. The topological polar surface area (TPSA) is 29.1 Å². The minimum atomic E-state index is -0.0572. The predicted octanol–water partition coefficient (Wildman–Crippen LogP) is 4.12. The lowest BCUT2D eigenvalue weighted by Crippen LogP contribution is -2.07. The van der Waals surface area contributed by atoms with Crippen LogP contribution < -0.4 is 5.32 Å². The summed E-state index contributed by atoms with van der Waals surface area (Å²) in [6, 6.07) is 16.1. The highest BCUT2D eigenvalue weighted by Gasteiger charge is 2.01. The van der Waals surface area contributed by atoms with Crippen molar-refractivity contribution in [2.24, 2.45) is 0 Å². The van der Waals surface area contributed by atoms with Crippen LogP contribution in [0.25, 0.3) is 12.2 Å². The van der Waals surface area contributed by atoms with Gasteiger partial charge in [0.2, 0.25) is 5.91 Å². The molecule has 0 aliphatic carbocycles. The lowest BCUT2D eigenvalue weighted by molar-refractivity contribution is -0.114. The molecule has 2 heteroatoms. The molecular weight excluding hydrogens is 234 g/mol. The van der Waals surface area contributed by atoms with Crippen LogP contribution in [-0.2, 0) is 4.79 Å². The minimum absolute atomic E-state index is 0.0572. The van der Waals surface area contributed by atoms with Gasteiger partial charge in [-0.2, -0.15) is 0 Å². The van der Waals surface area contributed by atoms with Crippen molar-refractivity contribution >= 4 is 23.7 Å².